The summed E-state index contributed by atoms with van der Waals surface area (Å²) in [5, 5.41) is 12.0. The maximum atomic E-state index is 11.0. The number of hydrogen-bond donors (Lipinski definition) is 2. The van der Waals surface area contributed by atoms with Crippen molar-refractivity contribution in [2.75, 3.05) is 11.1 Å². The van der Waals surface area contributed by atoms with E-state index in [0.717, 1.165) is 4.90 Å². The molecule has 1 aliphatic heterocycles. The van der Waals surface area contributed by atoms with Gasteiger partial charge in [-0.3, -0.25) is 4.79 Å². The molecule has 0 saturated heterocycles. The zero-order valence-corrected chi connectivity index (χ0v) is 8.65. The molecule has 74 valence electrons. The highest BCUT2D eigenvalue weighted by atomic mass is 35.5. The van der Waals surface area contributed by atoms with Crippen LogP contribution >= 0.6 is 23.4 Å². The fourth-order valence-electron chi connectivity index (χ4n) is 1.13. The number of pyridine rings is 1. The van der Waals surface area contributed by atoms with Crippen LogP contribution in [0.1, 0.15) is 5.69 Å². The summed E-state index contributed by atoms with van der Waals surface area (Å²) in [4.78, 5) is 15.9. The molecule has 0 spiro atoms. The number of fused-ring (bicyclic) bond motifs is 1. The van der Waals surface area contributed by atoms with Crippen LogP contribution in [0.2, 0.25) is 5.02 Å². The Hall–Kier alpha value is -0.780. The molecule has 6 heteroatoms. The summed E-state index contributed by atoms with van der Waals surface area (Å²) >= 11 is 7.24. The van der Waals surface area contributed by atoms with Gasteiger partial charge in [-0.05, 0) is 6.07 Å². The number of nitrogens with zero attached hydrogens (tertiary/aromatic N) is 1. The smallest absolute Gasteiger partial charge is 0.235 e. The molecule has 2 rings (SSSR count). The van der Waals surface area contributed by atoms with E-state index in [1.54, 1.807) is 6.07 Å². The highest BCUT2D eigenvalue weighted by molar-refractivity contribution is 8.00. The third-order valence-electron chi connectivity index (χ3n) is 1.78. The molecule has 0 bridgehead atoms. The van der Waals surface area contributed by atoms with E-state index in [2.05, 4.69) is 10.3 Å². The number of carbonyl (C=O) groups is 1. The van der Waals surface area contributed by atoms with Crippen molar-refractivity contribution in [1.29, 1.82) is 0 Å². The first-order chi connectivity index (χ1) is 6.70. The second-order valence-electron chi connectivity index (χ2n) is 2.76. The third kappa shape index (κ3) is 1.70. The van der Waals surface area contributed by atoms with Crippen molar-refractivity contribution in [2.24, 2.45) is 0 Å². The van der Waals surface area contributed by atoms with Gasteiger partial charge in [-0.1, -0.05) is 11.6 Å². The zero-order chi connectivity index (χ0) is 10.1. The number of rotatable bonds is 1. The second kappa shape index (κ2) is 3.76. The first kappa shape index (κ1) is 9.76. The Kier molecular flexibility index (Phi) is 2.62. The van der Waals surface area contributed by atoms with E-state index in [-0.39, 0.29) is 12.5 Å². The lowest BCUT2D eigenvalue weighted by Crippen LogP contribution is -2.20. The van der Waals surface area contributed by atoms with Gasteiger partial charge in [-0.15, -0.1) is 11.8 Å². The Morgan fingerprint density at radius 2 is 2.50 bits per heavy atom. The number of halogens is 1. The minimum absolute atomic E-state index is 0.0822. The van der Waals surface area contributed by atoms with E-state index < -0.39 is 0 Å². The first-order valence-electron chi connectivity index (χ1n) is 3.93. The number of aromatic nitrogens is 1. The van der Waals surface area contributed by atoms with Gasteiger partial charge in [-0.2, -0.15) is 0 Å². The van der Waals surface area contributed by atoms with E-state index >= 15 is 0 Å². The SMILES string of the molecule is O=C1CSc2cc(Cl)c(CO)nc2N1. The van der Waals surface area contributed by atoms with Gasteiger partial charge >= 0.3 is 0 Å². The number of aliphatic hydroxyl groups is 1. The molecule has 1 aliphatic rings. The van der Waals surface area contributed by atoms with E-state index in [0.29, 0.717) is 22.3 Å². The molecule has 1 aromatic rings. The van der Waals surface area contributed by atoms with Crippen molar-refractivity contribution >= 4 is 35.1 Å². The Morgan fingerprint density at radius 3 is 3.21 bits per heavy atom. The molecule has 2 N–H and O–H groups in total. The highest BCUT2D eigenvalue weighted by Gasteiger charge is 2.18. The Labute approximate surface area is 89.7 Å². The molecule has 1 aromatic heterocycles. The Bertz CT molecular complexity index is 397. The fourth-order valence-corrected chi connectivity index (χ4v) is 2.20. The van der Waals surface area contributed by atoms with Gasteiger partial charge in [0, 0.05) is 0 Å². The summed E-state index contributed by atoms with van der Waals surface area (Å²) in [6.07, 6.45) is 0. The minimum atomic E-state index is -0.230. The summed E-state index contributed by atoms with van der Waals surface area (Å²) in [5.74, 6) is 0.782. The largest absolute Gasteiger partial charge is 0.390 e. The lowest BCUT2D eigenvalue weighted by molar-refractivity contribution is -0.113. The topological polar surface area (TPSA) is 62.2 Å². The number of aliphatic hydroxyl groups excluding tert-OH is 1. The van der Waals surface area contributed by atoms with Crippen LogP contribution < -0.4 is 5.32 Å². The molecule has 0 radical (unpaired) electrons. The van der Waals surface area contributed by atoms with E-state index in [9.17, 15) is 4.79 Å². The van der Waals surface area contributed by atoms with Gasteiger partial charge in [0.1, 0.15) is 5.82 Å². The summed E-state index contributed by atoms with van der Waals surface area (Å²) in [7, 11) is 0. The number of anilines is 1. The fraction of sp³-hybridized carbons (Fsp3) is 0.250. The van der Waals surface area contributed by atoms with Crippen molar-refractivity contribution < 1.29 is 9.90 Å². The van der Waals surface area contributed by atoms with Crippen LogP contribution in [0.15, 0.2) is 11.0 Å². The van der Waals surface area contributed by atoms with Crippen molar-refractivity contribution in [2.45, 2.75) is 11.5 Å². The second-order valence-corrected chi connectivity index (χ2v) is 4.18. The average molecular weight is 231 g/mol. The van der Waals surface area contributed by atoms with E-state index in [4.69, 9.17) is 16.7 Å². The van der Waals surface area contributed by atoms with Crippen LogP contribution in [0, 0.1) is 0 Å². The number of thioether (sulfide) groups is 1. The number of nitrogens with one attached hydrogen (secondary N) is 1. The first-order valence-corrected chi connectivity index (χ1v) is 5.30. The van der Waals surface area contributed by atoms with Gasteiger partial charge < -0.3 is 10.4 Å². The molecular weight excluding hydrogens is 224 g/mol. The highest BCUT2D eigenvalue weighted by Crippen LogP contribution is 2.33. The normalized spacial score (nSPS) is 14.9. The summed E-state index contributed by atoms with van der Waals surface area (Å²) in [6.45, 7) is -0.230. The maximum absolute atomic E-state index is 11.0. The monoisotopic (exact) mass is 230 g/mol. The van der Waals surface area contributed by atoms with E-state index in [1.807, 2.05) is 0 Å². The predicted octanol–water partition coefficient (Wildman–Crippen LogP) is 1.27. The Morgan fingerprint density at radius 1 is 1.71 bits per heavy atom. The van der Waals surface area contributed by atoms with Gasteiger partial charge in [0.05, 0.1) is 28.0 Å². The molecule has 0 aromatic carbocycles. The lowest BCUT2D eigenvalue weighted by atomic mass is 10.3. The molecule has 2 heterocycles. The van der Waals surface area contributed by atoms with E-state index in [1.165, 1.54) is 11.8 Å². The summed E-state index contributed by atoms with van der Waals surface area (Å²) in [6, 6.07) is 1.71. The van der Waals surface area contributed by atoms with Gasteiger partial charge in [0.15, 0.2) is 0 Å². The quantitative estimate of drug-likeness (QED) is 0.763. The van der Waals surface area contributed by atoms with Crippen LogP contribution in [0.3, 0.4) is 0 Å². The van der Waals surface area contributed by atoms with Crippen molar-refractivity contribution in [1.82, 2.24) is 4.98 Å². The van der Waals surface area contributed by atoms with Crippen molar-refractivity contribution in [3.05, 3.63) is 16.8 Å². The molecule has 14 heavy (non-hydrogen) atoms. The molecule has 0 atom stereocenters. The number of hydrogen-bond acceptors (Lipinski definition) is 4. The standard InChI is InChI=1S/C8H7ClN2O2S/c9-4-1-6-8(10-5(4)2-12)11-7(13)3-14-6/h1,12H,2-3H2,(H,10,11,13). The van der Waals surface area contributed by atoms with Gasteiger partial charge in [-0.25, -0.2) is 4.98 Å². The van der Waals surface area contributed by atoms with Crippen LogP contribution in [0.5, 0.6) is 0 Å². The van der Waals surface area contributed by atoms with Crippen molar-refractivity contribution in [3.8, 4) is 0 Å². The zero-order valence-electron chi connectivity index (χ0n) is 7.08. The molecule has 4 nitrogen and oxygen atoms in total. The lowest BCUT2D eigenvalue weighted by Gasteiger charge is -2.16. The average Bonchev–Trinajstić information content (AvgIpc) is 2.17. The van der Waals surface area contributed by atoms with Crippen molar-refractivity contribution in [3.63, 3.8) is 0 Å². The molecule has 0 saturated carbocycles. The molecule has 0 unspecified atom stereocenters. The maximum Gasteiger partial charge on any atom is 0.235 e. The minimum Gasteiger partial charge on any atom is -0.390 e. The molecule has 1 amide bonds. The number of amides is 1. The molecule has 0 fully saturated rings. The van der Waals surface area contributed by atoms with Gasteiger partial charge in [0.2, 0.25) is 5.91 Å². The Balaban J connectivity index is 2.46. The van der Waals surface area contributed by atoms with Crippen LogP contribution in [-0.2, 0) is 11.4 Å². The van der Waals surface area contributed by atoms with Crippen LogP contribution in [0.25, 0.3) is 0 Å². The van der Waals surface area contributed by atoms with Crippen LogP contribution in [-0.4, -0.2) is 21.8 Å². The van der Waals surface area contributed by atoms with Crippen LogP contribution in [0.4, 0.5) is 5.82 Å². The summed E-state index contributed by atoms with van der Waals surface area (Å²) in [5.41, 5.74) is 0.383. The number of carbonyl (C=O) groups excluding carboxylic acids is 1. The van der Waals surface area contributed by atoms with Gasteiger partial charge in [0.25, 0.3) is 0 Å². The predicted molar refractivity (Wildman–Crippen MR) is 54.5 cm³/mol. The third-order valence-corrected chi connectivity index (χ3v) is 3.14. The molecular formula is C8H7ClN2O2S. The molecule has 0 aliphatic carbocycles. The summed E-state index contributed by atoms with van der Waals surface area (Å²) < 4.78 is 0.